The molecule has 0 aliphatic rings. The van der Waals surface area contributed by atoms with Crippen molar-refractivity contribution in [2.45, 2.75) is 50.7 Å². The summed E-state index contributed by atoms with van der Waals surface area (Å²) in [4.78, 5) is 28.1. The van der Waals surface area contributed by atoms with Gasteiger partial charge in [-0.05, 0) is 50.6 Å². The van der Waals surface area contributed by atoms with Crippen molar-refractivity contribution < 1.29 is 27.1 Å². The molecule has 3 aromatic rings. The first-order valence-corrected chi connectivity index (χ1v) is 14.1. The summed E-state index contributed by atoms with van der Waals surface area (Å²) in [5.41, 5.74) is 0.405. The zero-order chi connectivity index (χ0) is 28.6. The first-order valence-electron chi connectivity index (χ1n) is 12.6. The summed E-state index contributed by atoms with van der Waals surface area (Å²) in [6.45, 7) is 4.44. The highest BCUT2D eigenvalue weighted by molar-refractivity contribution is 7.92. The van der Waals surface area contributed by atoms with E-state index in [1.165, 1.54) is 55.3 Å². The van der Waals surface area contributed by atoms with Gasteiger partial charge in [-0.2, -0.15) is 0 Å². The van der Waals surface area contributed by atoms with Gasteiger partial charge < -0.3 is 15.0 Å². The van der Waals surface area contributed by atoms with Crippen molar-refractivity contribution in [1.82, 2.24) is 10.2 Å². The minimum atomic E-state index is -4.20. The van der Waals surface area contributed by atoms with E-state index in [1.54, 1.807) is 42.5 Å². The van der Waals surface area contributed by atoms with Crippen molar-refractivity contribution in [3.8, 4) is 5.75 Å². The molecule has 0 aliphatic heterocycles. The number of sulfonamides is 1. The maximum atomic E-state index is 14.6. The van der Waals surface area contributed by atoms with Crippen LogP contribution in [0, 0.1) is 5.82 Å². The summed E-state index contributed by atoms with van der Waals surface area (Å²) in [5.74, 6) is -1.23. The van der Waals surface area contributed by atoms with E-state index in [1.807, 2.05) is 13.8 Å². The number of hydrogen-bond donors (Lipinski definition) is 1. The van der Waals surface area contributed by atoms with E-state index in [0.717, 1.165) is 4.31 Å². The normalized spacial score (nSPS) is 12.7. The second kappa shape index (κ2) is 13.2. The van der Waals surface area contributed by atoms with Crippen molar-refractivity contribution in [3.05, 3.63) is 90.2 Å². The molecular formula is C29H34FN3O5S. The van der Waals surface area contributed by atoms with E-state index < -0.39 is 40.2 Å². The molecule has 10 heteroatoms. The molecule has 0 aromatic heterocycles. The Kier molecular flexibility index (Phi) is 10.1. The lowest BCUT2D eigenvalue weighted by Gasteiger charge is -2.32. The molecule has 0 saturated heterocycles. The third kappa shape index (κ3) is 7.35. The number of methoxy groups -OCH3 is 1. The van der Waals surface area contributed by atoms with E-state index in [9.17, 15) is 22.4 Å². The highest BCUT2D eigenvalue weighted by Gasteiger charge is 2.33. The van der Waals surface area contributed by atoms with Crippen LogP contribution in [0.2, 0.25) is 0 Å². The zero-order valence-corrected chi connectivity index (χ0v) is 23.3. The predicted octanol–water partition coefficient (Wildman–Crippen LogP) is 4.36. The largest absolute Gasteiger partial charge is 0.497 e. The lowest BCUT2D eigenvalue weighted by molar-refractivity contribution is -0.139. The highest BCUT2D eigenvalue weighted by atomic mass is 32.2. The number of halogens is 1. The molecule has 0 fully saturated rings. The van der Waals surface area contributed by atoms with E-state index in [2.05, 4.69) is 5.32 Å². The van der Waals surface area contributed by atoms with Crippen LogP contribution in [0.5, 0.6) is 5.75 Å². The van der Waals surface area contributed by atoms with Gasteiger partial charge in [-0.1, -0.05) is 49.4 Å². The Hall–Kier alpha value is -3.92. The summed E-state index contributed by atoms with van der Waals surface area (Å²) in [5, 5.41) is 2.85. The molecule has 2 atom stereocenters. The quantitative estimate of drug-likeness (QED) is 0.358. The Balaban J connectivity index is 2.04. The van der Waals surface area contributed by atoms with Crippen LogP contribution in [-0.2, 0) is 26.2 Å². The highest BCUT2D eigenvalue weighted by Crippen LogP contribution is 2.27. The molecule has 3 aromatic carbocycles. The van der Waals surface area contributed by atoms with E-state index >= 15 is 0 Å². The van der Waals surface area contributed by atoms with Gasteiger partial charge in [0.25, 0.3) is 10.0 Å². The maximum Gasteiger partial charge on any atom is 0.264 e. The topological polar surface area (TPSA) is 96.0 Å². The van der Waals surface area contributed by atoms with Gasteiger partial charge in [0.1, 0.15) is 24.2 Å². The number of hydrogen-bond acceptors (Lipinski definition) is 5. The second-order valence-electron chi connectivity index (χ2n) is 9.13. The zero-order valence-electron chi connectivity index (χ0n) is 22.5. The fourth-order valence-electron chi connectivity index (χ4n) is 3.87. The molecule has 8 nitrogen and oxygen atoms in total. The van der Waals surface area contributed by atoms with Crippen molar-refractivity contribution in [2.24, 2.45) is 0 Å². The summed E-state index contributed by atoms with van der Waals surface area (Å²) in [6.07, 6.45) is 0.679. The van der Waals surface area contributed by atoms with E-state index in [0.29, 0.717) is 12.2 Å². The summed E-state index contributed by atoms with van der Waals surface area (Å²) < 4.78 is 48.4. The number of nitrogens with zero attached hydrogens (tertiary/aromatic N) is 2. The van der Waals surface area contributed by atoms with Crippen LogP contribution < -0.4 is 14.4 Å². The molecule has 0 spiro atoms. The molecule has 0 saturated carbocycles. The number of rotatable bonds is 12. The van der Waals surface area contributed by atoms with Gasteiger partial charge in [0.05, 0.1) is 17.7 Å². The molecule has 0 heterocycles. The molecule has 2 amide bonds. The first-order chi connectivity index (χ1) is 18.6. The molecule has 0 bridgehead atoms. The smallest absolute Gasteiger partial charge is 0.264 e. The molecule has 0 unspecified atom stereocenters. The fourth-order valence-corrected chi connectivity index (χ4v) is 5.30. The number of carbonyl (C=O) groups is 2. The van der Waals surface area contributed by atoms with Gasteiger partial charge in [0.15, 0.2) is 0 Å². The van der Waals surface area contributed by atoms with E-state index in [-0.39, 0.29) is 28.7 Å². The van der Waals surface area contributed by atoms with Gasteiger partial charge in [-0.3, -0.25) is 13.9 Å². The number of nitrogens with one attached hydrogen (secondary N) is 1. The van der Waals surface area contributed by atoms with Crippen LogP contribution in [0.4, 0.5) is 10.1 Å². The average Bonchev–Trinajstić information content (AvgIpc) is 2.95. The third-order valence-corrected chi connectivity index (χ3v) is 8.21. The van der Waals surface area contributed by atoms with Gasteiger partial charge in [-0.15, -0.1) is 0 Å². The van der Waals surface area contributed by atoms with Crippen molar-refractivity contribution in [2.75, 3.05) is 18.0 Å². The van der Waals surface area contributed by atoms with Crippen LogP contribution in [-0.4, -0.2) is 50.9 Å². The number of benzene rings is 3. The monoisotopic (exact) mass is 555 g/mol. The van der Waals surface area contributed by atoms with Crippen LogP contribution in [0.25, 0.3) is 0 Å². The second-order valence-corrected chi connectivity index (χ2v) is 11.0. The molecule has 0 radical (unpaired) electrons. The molecule has 0 aliphatic carbocycles. The summed E-state index contributed by atoms with van der Waals surface area (Å²) >= 11 is 0. The Bertz CT molecular complexity index is 1380. The first kappa shape index (κ1) is 29.6. The van der Waals surface area contributed by atoms with Crippen molar-refractivity contribution in [1.29, 1.82) is 0 Å². The van der Waals surface area contributed by atoms with Gasteiger partial charge in [0, 0.05) is 24.2 Å². The van der Waals surface area contributed by atoms with Gasteiger partial charge >= 0.3 is 0 Å². The molecule has 39 heavy (non-hydrogen) atoms. The predicted molar refractivity (Wildman–Crippen MR) is 148 cm³/mol. The molecule has 208 valence electrons. The number of anilines is 1. The van der Waals surface area contributed by atoms with Crippen LogP contribution in [0.3, 0.4) is 0 Å². The lowest BCUT2D eigenvalue weighted by atomic mass is 10.1. The average molecular weight is 556 g/mol. The van der Waals surface area contributed by atoms with E-state index in [4.69, 9.17) is 4.74 Å². The van der Waals surface area contributed by atoms with Gasteiger partial charge in [0.2, 0.25) is 11.8 Å². The summed E-state index contributed by atoms with van der Waals surface area (Å²) in [6, 6.07) is 18.9. The Morgan fingerprint density at radius 1 is 0.974 bits per heavy atom. The number of carbonyl (C=O) groups excluding carboxylic acids is 2. The minimum Gasteiger partial charge on any atom is -0.497 e. The minimum absolute atomic E-state index is 0.0103. The Labute approximate surface area is 229 Å². The molecule has 1 N–H and O–H groups in total. The Morgan fingerprint density at radius 2 is 1.64 bits per heavy atom. The molecule has 3 rings (SSSR count). The van der Waals surface area contributed by atoms with Crippen LogP contribution >= 0.6 is 0 Å². The SMILES string of the molecule is CC[C@H](C)NC(=O)[C@@H](C)N(Cc1ccccc1F)C(=O)CN(c1cccc(OC)c1)S(=O)(=O)c1ccccc1. The van der Waals surface area contributed by atoms with Crippen molar-refractivity contribution in [3.63, 3.8) is 0 Å². The molecular weight excluding hydrogens is 521 g/mol. The summed E-state index contributed by atoms with van der Waals surface area (Å²) in [7, 11) is -2.75. The van der Waals surface area contributed by atoms with Crippen molar-refractivity contribution >= 4 is 27.5 Å². The standard InChI is InChI=1S/C29H34FN3O5S/c1-5-21(2)31-29(35)22(3)32(19-23-12-9-10-17-27(23)30)28(34)20-33(24-13-11-14-25(18-24)38-4)39(36,37)26-15-7-6-8-16-26/h6-18,21-22H,5,19-20H2,1-4H3,(H,31,35)/t21-,22+/m0/s1. The lowest BCUT2D eigenvalue weighted by Crippen LogP contribution is -2.52. The van der Waals surface area contributed by atoms with Gasteiger partial charge in [-0.25, -0.2) is 12.8 Å². The Morgan fingerprint density at radius 3 is 2.28 bits per heavy atom. The number of amides is 2. The van der Waals surface area contributed by atoms with Crippen LogP contribution in [0.15, 0.2) is 83.8 Å². The van der Waals surface area contributed by atoms with Crippen LogP contribution in [0.1, 0.15) is 32.8 Å². The third-order valence-electron chi connectivity index (χ3n) is 6.42. The maximum absolute atomic E-state index is 14.6. The number of ether oxygens (including phenoxy) is 1. The fraction of sp³-hybridized carbons (Fsp3) is 0.310.